The van der Waals surface area contributed by atoms with Crippen molar-refractivity contribution in [1.82, 2.24) is 38.9 Å². The maximum Gasteiger partial charge on any atom is 0.142 e. The lowest BCUT2D eigenvalue weighted by atomic mass is 9.92. The summed E-state index contributed by atoms with van der Waals surface area (Å²) in [6.07, 6.45) is 17.2. The van der Waals surface area contributed by atoms with Gasteiger partial charge in [0.25, 0.3) is 0 Å². The molecule has 10 heterocycles. The Morgan fingerprint density at radius 3 is 1.16 bits per heavy atom. The lowest BCUT2D eigenvalue weighted by Crippen LogP contribution is -2.38. The van der Waals surface area contributed by atoms with Crippen LogP contribution in [0.5, 0.6) is 5.75 Å². The molecule has 5 aromatic heterocycles. The highest BCUT2D eigenvalue weighted by molar-refractivity contribution is 5.88. The summed E-state index contributed by atoms with van der Waals surface area (Å²) in [6.45, 7) is 92.0. The number of ether oxygens (including phenoxy) is 1. The first kappa shape index (κ1) is 119. The molecule has 0 bridgehead atoms. The van der Waals surface area contributed by atoms with E-state index in [-0.39, 0.29) is 14.9 Å². The summed E-state index contributed by atoms with van der Waals surface area (Å²) in [7, 11) is 0. The second-order valence-corrected chi connectivity index (χ2v) is 46.1. The van der Waals surface area contributed by atoms with Crippen molar-refractivity contribution in [3.63, 3.8) is 0 Å². The fourth-order valence-electron chi connectivity index (χ4n) is 20.0. The zero-order chi connectivity index (χ0) is 104. The van der Waals surface area contributed by atoms with Crippen molar-refractivity contribution in [2.75, 3.05) is 54.0 Å². The van der Waals surface area contributed by atoms with E-state index in [1.807, 2.05) is 31.1 Å². The van der Waals surface area contributed by atoms with Gasteiger partial charge in [0, 0.05) is 147 Å². The van der Waals surface area contributed by atoms with E-state index in [1.54, 1.807) is 0 Å². The standard InChI is InChI=1S/C16H20.2C15H19N.2C15H23N.C15H19N.C14H21NO.C13H22N2.C12H21N3.2CH4/c1-11(2)14-9-8-13-6-5-7-15(12(3)4)16(13)10-14;1-10(2)12-5-6-13-8-16-9-15(11(3)4)14(13)7-12;1-10(2)12-5-6-15-14(9-12)13(11(3)4)7-8-16-15;2*1-11(2)14-8-7-13-6-5-9-16(12(3)4)15(13)10-14;1-10(2)12-8-14-13(11(3)4)6-5-7-15(14)16-9-12;1-10(2)12-5-6-14-13(9-12)15(11(3)4)7-8-16-14;1-10(2)12-5-6-14-7-8-15(11(3)4)9-13(12)14;1-9(2)12-11-7-14(10(3)4)5-6-15(11)8-13-12;;/h5-12H,1-4H3;2*5-11H,1-4H3;2*7-8,10-12H,5-6,9H2,1-4H3;5-11H,1-4H3;5-6,9-11H,7-8H2,1-4H3;5-6,10-11H,7-9H2,1-4H3;8-10H,5-7H2,1-4H3;2*1H4. The van der Waals surface area contributed by atoms with Gasteiger partial charge < -0.3 is 28.6 Å². The summed E-state index contributed by atoms with van der Waals surface area (Å²) >= 11 is 0. The summed E-state index contributed by atoms with van der Waals surface area (Å²) in [4.78, 5) is 30.4. The molecule has 0 aliphatic carbocycles. The van der Waals surface area contributed by atoms with E-state index in [2.05, 4.69) is 473 Å². The maximum absolute atomic E-state index is 5.70. The number of hydrogen-bond acceptors (Lipinski definition) is 10. The average molecular weight is 1950 g/mol. The number of anilines is 3. The number of aryl methyl sites for hydroxylation is 2. The van der Waals surface area contributed by atoms with Gasteiger partial charge in [-0.1, -0.05) is 298 Å². The Morgan fingerprint density at radius 2 is 0.681 bits per heavy atom. The first-order valence-corrected chi connectivity index (χ1v) is 55.0. The summed E-state index contributed by atoms with van der Waals surface area (Å²) in [5.41, 5.74) is 30.7. The van der Waals surface area contributed by atoms with Crippen LogP contribution in [-0.2, 0) is 39.0 Å². The van der Waals surface area contributed by atoms with Gasteiger partial charge in [-0.2, -0.15) is 0 Å². The van der Waals surface area contributed by atoms with Gasteiger partial charge in [0.15, 0.2) is 0 Å². The maximum atomic E-state index is 5.70. The molecule has 144 heavy (non-hydrogen) atoms. The molecular weight excluding hydrogens is 1760 g/mol. The van der Waals surface area contributed by atoms with Gasteiger partial charge in [0.2, 0.25) is 0 Å². The second-order valence-electron chi connectivity index (χ2n) is 46.1. The van der Waals surface area contributed by atoms with Gasteiger partial charge >= 0.3 is 0 Å². The number of hydrogen-bond donors (Lipinski definition) is 0. The molecule has 784 valence electrons. The van der Waals surface area contributed by atoms with Crippen molar-refractivity contribution in [1.29, 1.82) is 0 Å². The first-order chi connectivity index (χ1) is 67.3. The highest BCUT2D eigenvalue weighted by atomic mass is 16.5. The van der Waals surface area contributed by atoms with Crippen molar-refractivity contribution < 1.29 is 4.74 Å². The third-order valence-corrected chi connectivity index (χ3v) is 29.5. The molecule has 0 unspecified atom stereocenters. The smallest absolute Gasteiger partial charge is 0.142 e. The van der Waals surface area contributed by atoms with E-state index < -0.39 is 0 Å². The quantitative estimate of drug-likeness (QED) is 0.0828. The van der Waals surface area contributed by atoms with Crippen LogP contribution in [0.4, 0.5) is 17.1 Å². The molecule has 12 heteroatoms. The van der Waals surface area contributed by atoms with E-state index >= 15 is 0 Å². The summed E-state index contributed by atoms with van der Waals surface area (Å²) in [5, 5.41) is 8.00. The Balaban J connectivity index is 0.000000198. The summed E-state index contributed by atoms with van der Waals surface area (Å²) in [5.74, 6) is 8.55. The monoisotopic (exact) mass is 1950 g/mol. The Hall–Kier alpha value is -10.1. The molecule has 0 spiro atoms. The second kappa shape index (κ2) is 55.6. The summed E-state index contributed by atoms with van der Waals surface area (Å²) in [6, 6.07) is 63.6. The van der Waals surface area contributed by atoms with Crippen LogP contribution in [0, 0.1) is 0 Å². The van der Waals surface area contributed by atoms with Crippen LogP contribution in [0.3, 0.4) is 0 Å². The normalized spacial score (nSPS) is 14.0. The van der Waals surface area contributed by atoms with E-state index in [4.69, 9.17) is 4.74 Å². The Morgan fingerprint density at radius 1 is 0.278 bits per heavy atom. The van der Waals surface area contributed by atoms with Gasteiger partial charge in [-0.15, -0.1) is 0 Å². The van der Waals surface area contributed by atoms with Crippen LogP contribution in [0.2, 0.25) is 0 Å². The van der Waals surface area contributed by atoms with E-state index in [9.17, 15) is 0 Å². The zero-order valence-corrected chi connectivity index (χ0v) is 95.2. The predicted octanol–water partition coefficient (Wildman–Crippen LogP) is 36.2. The fraction of sp³-hybridized carbons (Fsp3) is 0.530. The number of fused-ring (bicyclic) bond motifs is 9. The van der Waals surface area contributed by atoms with Crippen LogP contribution in [-0.4, -0.2) is 108 Å². The van der Waals surface area contributed by atoms with Gasteiger partial charge in [0.05, 0.1) is 41.0 Å². The minimum absolute atomic E-state index is 0. The molecule has 18 rings (SSSR count). The largest absolute Gasteiger partial charge is 0.490 e. The molecule has 0 radical (unpaired) electrons. The molecule has 13 aromatic rings. The SMILES string of the molecule is C.C.CC(C)c1ccc2c(c1)N(C(C)C)CCC2.CC(C)c1ccc2c(c1)N(C(C)C)CCC2.CC(C)c1ccc2c(c1)N(C(C)C)CCO2.CC(C)c1ccc2cccc(C(C)C)c2c1.CC(C)c1ccc2cncc(C(C)C)c2c1.CC(C)c1ccc2nccc(C(C)C)c2c1.CC(C)c1ccn2c1CN(C(C)C)CC2.CC(C)c1cnc2cccc(C(C)C)c2c1.CC(C)c1ncn2c1CN(C(C)C)CC2. The van der Waals surface area contributed by atoms with Crippen molar-refractivity contribution >= 4 is 60.4 Å². The van der Waals surface area contributed by atoms with Gasteiger partial charge in [-0.3, -0.25) is 24.8 Å². The number of benzene rings is 8. The Kier molecular flexibility index (Phi) is 46.0. The van der Waals surface area contributed by atoms with E-state index in [0.29, 0.717) is 107 Å². The number of pyridine rings is 3. The third kappa shape index (κ3) is 31.7. The number of aromatic nitrogens is 6. The molecule has 8 aromatic carbocycles. The number of imidazole rings is 1. The van der Waals surface area contributed by atoms with E-state index in [1.165, 1.54) is 190 Å². The zero-order valence-electron chi connectivity index (χ0n) is 95.2. The molecule has 0 N–H and O–H groups in total. The van der Waals surface area contributed by atoms with Crippen LogP contribution in [0.15, 0.2) is 201 Å². The van der Waals surface area contributed by atoms with Crippen LogP contribution >= 0.6 is 0 Å². The van der Waals surface area contributed by atoms with Crippen molar-refractivity contribution in [2.24, 2.45) is 0 Å². The average Bonchev–Trinajstić information content (AvgIpc) is 1.70. The van der Waals surface area contributed by atoms with Gasteiger partial charge in [-0.05, 0) is 327 Å². The predicted molar refractivity (Wildman–Crippen MR) is 632 cm³/mol. The number of rotatable bonds is 18. The molecular formula is C132H195N11O. The Bertz CT molecular complexity index is 5470. The van der Waals surface area contributed by atoms with Crippen molar-refractivity contribution in [3.05, 3.63) is 296 Å². The molecule has 5 aliphatic rings. The highest BCUT2D eigenvalue weighted by Crippen LogP contribution is 2.40. The molecule has 5 aliphatic heterocycles. The lowest BCUT2D eigenvalue weighted by molar-refractivity contribution is 0.176. The highest BCUT2D eigenvalue weighted by Gasteiger charge is 2.28. The molecule has 0 amide bonds. The van der Waals surface area contributed by atoms with Crippen LogP contribution in [0.25, 0.3) is 43.4 Å². The molecule has 0 saturated heterocycles. The minimum Gasteiger partial charge on any atom is -0.490 e. The first-order valence-electron chi connectivity index (χ1n) is 55.0. The lowest BCUT2D eigenvalue weighted by Gasteiger charge is -2.35. The van der Waals surface area contributed by atoms with Crippen molar-refractivity contribution in [3.8, 4) is 5.75 Å². The van der Waals surface area contributed by atoms with E-state index in [0.717, 1.165) is 62.7 Å². The molecule has 0 saturated carbocycles. The molecule has 0 atom stereocenters. The van der Waals surface area contributed by atoms with Crippen LogP contribution in [0.1, 0.15) is 449 Å². The molecule has 12 nitrogen and oxygen atoms in total. The topological polar surface area (TPSA) is 86.9 Å². The minimum atomic E-state index is 0. The van der Waals surface area contributed by atoms with Gasteiger partial charge in [-0.25, -0.2) is 4.98 Å². The Labute approximate surface area is 877 Å². The number of nitrogens with zero attached hydrogens (tertiary/aromatic N) is 11. The third-order valence-electron chi connectivity index (χ3n) is 29.5. The van der Waals surface area contributed by atoms with Crippen molar-refractivity contribution in [2.45, 2.75) is 423 Å². The molecule has 0 fully saturated rings. The summed E-state index contributed by atoms with van der Waals surface area (Å²) < 4.78 is 10.4. The fourth-order valence-corrected chi connectivity index (χ4v) is 20.0. The van der Waals surface area contributed by atoms with Crippen LogP contribution < -0.4 is 19.4 Å². The van der Waals surface area contributed by atoms with Gasteiger partial charge in [0.1, 0.15) is 12.4 Å².